The maximum atomic E-state index is 6.02. The number of rotatable bonds is 6. The van der Waals surface area contributed by atoms with Crippen LogP contribution in [0.4, 0.5) is 0 Å². The Morgan fingerprint density at radius 3 is 2.75 bits per heavy atom. The fourth-order valence-electron chi connectivity index (χ4n) is 2.19. The van der Waals surface area contributed by atoms with Crippen molar-refractivity contribution in [2.45, 2.75) is 38.3 Å². The van der Waals surface area contributed by atoms with Crippen LogP contribution in [-0.4, -0.2) is 30.6 Å². The number of guanidine groups is 1. The van der Waals surface area contributed by atoms with Crippen molar-refractivity contribution in [1.29, 1.82) is 0 Å². The molecule has 2 aliphatic rings. The molecule has 0 amide bonds. The second-order valence-electron chi connectivity index (χ2n) is 5.88. The summed E-state index contributed by atoms with van der Waals surface area (Å²) in [5.74, 6) is 2.34. The van der Waals surface area contributed by atoms with E-state index in [1.807, 2.05) is 25.2 Å². The van der Waals surface area contributed by atoms with E-state index >= 15 is 0 Å². The van der Waals surface area contributed by atoms with Crippen LogP contribution in [0.5, 0.6) is 5.75 Å². The summed E-state index contributed by atoms with van der Waals surface area (Å²) in [4.78, 5) is 6.58. The minimum absolute atomic E-state index is 0.587. The van der Waals surface area contributed by atoms with Gasteiger partial charge < -0.3 is 15.4 Å². The zero-order chi connectivity index (χ0) is 13.9. The van der Waals surface area contributed by atoms with E-state index in [2.05, 4.69) is 16.0 Å². The van der Waals surface area contributed by atoms with Crippen LogP contribution in [-0.2, 0) is 6.54 Å². The normalized spacial score (nSPS) is 18.9. The predicted octanol–water partition coefficient (Wildman–Crippen LogP) is 2.38. The number of nitrogens with two attached hydrogens (primary N) is 1. The van der Waals surface area contributed by atoms with Crippen molar-refractivity contribution in [3.8, 4) is 5.75 Å². The van der Waals surface area contributed by atoms with E-state index < -0.39 is 0 Å². The quantitative estimate of drug-likeness (QED) is 0.639. The van der Waals surface area contributed by atoms with Crippen molar-refractivity contribution < 1.29 is 4.74 Å². The van der Waals surface area contributed by atoms with Crippen molar-refractivity contribution in [2.24, 2.45) is 16.6 Å². The Bertz CT molecular complexity index is 492. The SMILES string of the molecule is CN(C(N)=NCc1ccccc1OCC1CC1)C1CC1. The maximum absolute atomic E-state index is 6.02. The largest absolute Gasteiger partial charge is 0.493 e. The molecule has 1 aromatic rings. The number of aliphatic imine (C=N–C) groups is 1. The lowest BCUT2D eigenvalue weighted by atomic mass is 10.2. The van der Waals surface area contributed by atoms with Gasteiger partial charge in [0, 0.05) is 18.7 Å². The lowest BCUT2D eigenvalue weighted by molar-refractivity contribution is 0.297. The molecule has 0 atom stereocenters. The summed E-state index contributed by atoms with van der Waals surface area (Å²) in [6.45, 7) is 1.42. The molecular weight excluding hydrogens is 250 g/mol. The molecule has 108 valence electrons. The van der Waals surface area contributed by atoms with Crippen molar-refractivity contribution in [3.05, 3.63) is 29.8 Å². The Labute approximate surface area is 120 Å². The van der Waals surface area contributed by atoms with Gasteiger partial charge in [-0.25, -0.2) is 4.99 Å². The smallest absolute Gasteiger partial charge is 0.191 e. The van der Waals surface area contributed by atoms with Gasteiger partial charge in [0.2, 0.25) is 0 Å². The van der Waals surface area contributed by atoms with Crippen molar-refractivity contribution >= 4 is 5.96 Å². The summed E-state index contributed by atoms with van der Waals surface area (Å²) in [5.41, 5.74) is 7.13. The van der Waals surface area contributed by atoms with Crippen LogP contribution >= 0.6 is 0 Å². The van der Waals surface area contributed by atoms with Crippen LogP contribution in [0.3, 0.4) is 0 Å². The molecule has 1 aromatic carbocycles. The molecule has 0 saturated heterocycles. The van der Waals surface area contributed by atoms with E-state index in [-0.39, 0.29) is 0 Å². The molecule has 2 fully saturated rings. The van der Waals surface area contributed by atoms with Crippen LogP contribution in [0.1, 0.15) is 31.2 Å². The fourth-order valence-corrected chi connectivity index (χ4v) is 2.19. The number of hydrogen-bond acceptors (Lipinski definition) is 2. The molecule has 4 heteroatoms. The molecule has 0 unspecified atom stereocenters. The third-order valence-electron chi connectivity index (χ3n) is 4.01. The number of nitrogens with zero attached hydrogens (tertiary/aromatic N) is 2. The molecule has 20 heavy (non-hydrogen) atoms. The van der Waals surface area contributed by atoms with Crippen LogP contribution in [0, 0.1) is 5.92 Å². The van der Waals surface area contributed by atoms with Gasteiger partial charge >= 0.3 is 0 Å². The van der Waals surface area contributed by atoms with E-state index in [0.717, 1.165) is 23.8 Å². The van der Waals surface area contributed by atoms with Gasteiger partial charge in [0.15, 0.2) is 5.96 Å². The maximum Gasteiger partial charge on any atom is 0.191 e. The summed E-state index contributed by atoms with van der Waals surface area (Å²) < 4.78 is 5.89. The summed E-state index contributed by atoms with van der Waals surface area (Å²) in [7, 11) is 2.02. The molecule has 0 aromatic heterocycles. The number of ether oxygens (including phenoxy) is 1. The van der Waals surface area contributed by atoms with E-state index in [9.17, 15) is 0 Å². The first kappa shape index (κ1) is 13.3. The van der Waals surface area contributed by atoms with E-state index in [4.69, 9.17) is 10.5 Å². The standard InChI is InChI=1S/C16H23N3O/c1-19(14-8-9-14)16(17)18-10-13-4-2-3-5-15(13)20-11-12-6-7-12/h2-5,12,14H,6-11H2,1H3,(H2,17,18). The number of benzene rings is 1. The first-order chi connectivity index (χ1) is 9.74. The number of hydrogen-bond donors (Lipinski definition) is 1. The molecule has 0 radical (unpaired) electrons. The molecule has 0 aliphatic heterocycles. The monoisotopic (exact) mass is 273 g/mol. The third-order valence-corrected chi connectivity index (χ3v) is 4.01. The highest BCUT2D eigenvalue weighted by molar-refractivity contribution is 5.78. The van der Waals surface area contributed by atoms with Gasteiger partial charge in [0.05, 0.1) is 13.2 Å². The van der Waals surface area contributed by atoms with Gasteiger partial charge in [-0.3, -0.25) is 0 Å². The molecule has 2 aliphatic carbocycles. The van der Waals surface area contributed by atoms with Crippen molar-refractivity contribution in [2.75, 3.05) is 13.7 Å². The summed E-state index contributed by atoms with van der Waals surface area (Å²) in [6, 6.07) is 8.72. The van der Waals surface area contributed by atoms with Gasteiger partial charge in [-0.2, -0.15) is 0 Å². The molecular formula is C16H23N3O. The van der Waals surface area contributed by atoms with Crippen LogP contribution in [0.2, 0.25) is 0 Å². The average molecular weight is 273 g/mol. The Morgan fingerprint density at radius 2 is 2.05 bits per heavy atom. The Hall–Kier alpha value is -1.71. The van der Waals surface area contributed by atoms with Crippen molar-refractivity contribution in [1.82, 2.24) is 4.90 Å². The minimum atomic E-state index is 0.587. The van der Waals surface area contributed by atoms with Gasteiger partial charge in [-0.1, -0.05) is 18.2 Å². The first-order valence-corrected chi connectivity index (χ1v) is 7.47. The van der Waals surface area contributed by atoms with Gasteiger partial charge in [0.1, 0.15) is 5.75 Å². The van der Waals surface area contributed by atoms with Gasteiger partial charge in [0.25, 0.3) is 0 Å². The zero-order valence-electron chi connectivity index (χ0n) is 12.1. The average Bonchev–Trinajstić information content (AvgIpc) is 3.35. The molecule has 0 bridgehead atoms. The Balaban J connectivity index is 1.61. The van der Waals surface area contributed by atoms with E-state index in [1.165, 1.54) is 25.7 Å². The minimum Gasteiger partial charge on any atom is -0.493 e. The van der Waals surface area contributed by atoms with Crippen LogP contribution < -0.4 is 10.5 Å². The third kappa shape index (κ3) is 3.44. The lowest BCUT2D eigenvalue weighted by Gasteiger charge is -2.17. The summed E-state index contributed by atoms with van der Waals surface area (Å²) in [6.07, 6.45) is 5.07. The van der Waals surface area contributed by atoms with E-state index in [0.29, 0.717) is 18.5 Å². The van der Waals surface area contributed by atoms with Gasteiger partial charge in [-0.15, -0.1) is 0 Å². The second-order valence-corrected chi connectivity index (χ2v) is 5.88. The fraction of sp³-hybridized carbons (Fsp3) is 0.562. The molecule has 0 heterocycles. The van der Waals surface area contributed by atoms with Crippen molar-refractivity contribution in [3.63, 3.8) is 0 Å². The first-order valence-electron chi connectivity index (χ1n) is 7.47. The van der Waals surface area contributed by atoms with Gasteiger partial charge in [-0.05, 0) is 37.7 Å². The Morgan fingerprint density at radius 1 is 1.30 bits per heavy atom. The highest BCUT2D eigenvalue weighted by atomic mass is 16.5. The number of para-hydroxylation sites is 1. The second kappa shape index (κ2) is 5.73. The lowest BCUT2D eigenvalue weighted by Crippen LogP contribution is -2.35. The Kier molecular flexibility index (Phi) is 3.81. The molecule has 4 nitrogen and oxygen atoms in total. The topological polar surface area (TPSA) is 50.8 Å². The molecule has 0 spiro atoms. The summed E-state index contributed by atoms with van der Waals surface area (Å²) in [5, 5.41) is 0. The zero-order valence-corrected chi connectivity index (χ0v) is 12.1. The highest BCUT2D eigenvalue weighted by Crippen LogP contribution is 2.30. The van der Waals surface area contributed by atoms with Crippen LogP contribution in [0.25, 0.3) is 0 Å². The molecule has 2 saturated carbocycles. The van der Waals surface area contributed by atoms with E-state index in [1.54, 1.807) is 0 Å². The molecule has 2 N–H and O–H groups in total. The highest BCUT2D eigenvalue weighted by Gasteiger charge is 2.27. The summed E-state index contributed by atoms with van der Waals surface area (Å²) >= 11 is 0. The predicted molar refractivity (Wildman–Crippen MR) is 80.8 cm³/mol. The molecule has 3 rings (SSSR count). The van der Waals surface area contributed by atoms with Crippen LogP contribution in [0.15, 0.2) is 29.3 Å².